The molecule has 1 aliphatic carbocycles. The van der Waals surface area contributed by atoms with Gasteiger partial charge in [0, 0.05) is 13.1 Å². The molecule has 4 heteroatoms. The van der Waals surface area contributed by atoms with Gasteiger partial charge in [0.05, 0.1) is 11.7 Å². The van der Waals surface area contributed by atoms with Gasteiger partial charge in [-0.3, -0.25) is 10.1 Å². The first-order valence-electron chi connectivity index (χ1n) is 7.35. The van der Waals surface area contributed by atoms with Crippen molar-refractivity contribution in [3.8, 4) is 0 Å². The minimum Gasteiger partial charge on any atom is -0.324 e. The van der Waals surface area contributed by atoms with E-state index < -0.39 is 0 Å². The molecule has 104 valence electrons. The smallest absolute Gasteiger partial charge is 0.244 e. The Hall–Kier alpha value is -0.610. The van der Waals surface area contributed by atoms with Crippen molar-refractivity contribution in [2.24, 2.45) is 5.92 Å². The molecule has 4 nitrogen and oxygen atoms in total. The summed E-state index contributed by atoms with van der Waals surface area (Å²) in [5.74, 6) is 0.819. The lowest BCUT2D eigenvalue weighted by Crippen LogP contribution is -2.45. The fourth-order valence-electron chi connectivity index (χ4n) is 2.86. The van der Waals surface area contributed by atoms with Crippen molar-refractivity contribution in [3.05, 3.63) is 0 Å². The average molecular weight is 253 g/mol. The summed E-state index contributed by atoms with van der Waals surface area (Å²) in [6.45, 7) is 12.7. The second-order valence-corrected chi connectivity index (χ2v) is 5.94. The molecular formula is C14H27N3O. The fourth-order valence-corrected chi connectivity index (χ4v) is 2.86. The highest BCUT2D eigenvalue weighted by Crippen LogP contribution is 2.43. The first-order chi connectivity index (χ1) is 8.54. The molecule has 1 heterocycles. The van der Waals surface area contributed by atoms with Crippen LogP contribution in [0.2, 0.25) is 0 Å². The van der Waals surface area contributed by atoms with Crippen molar-refractivity contribution >= 4 is 5.91 Å². The predicted molar refractivity (Wildman–Crippen MR) is 73.2 cm³/mol. The Kier molecular flexibility index (Phi) is 3.97. The lowest BCUT2D eigenvalue weighted by atomic mass is 10.1. The molecule has 0 aromatic rings. The number of nitrogens with zero attached hydrogens (tertiary/aromatic N) is 2. The number of nitrogens with one attached hydrogen (secondary N) is 1. The third-order valence-corrected chi connectivity index (χ3v) is 4.36. The first kappa shape index (κ1) is 13.8. The van der Waals surface area contributed by atoms with Gasteiger partial charge >= 0.3 is 0 Å². The van der Waals surface area contributed by atoms with Gasteiger partial charge in [-0.25, -0.2) is 0 Å². The van der Waals surface area contributed by atoms with E-state index in [0.29, 0.717) is 11.8 Å². The van der Waals surface area contributed by atoms with Crippen molar-refractivity contribution in [3.63, 3.8) is 0 Å². The van der Waals surface area contributed by atoms with Crippen molar-refractivity contribution in [2.45, 2.75) is 52.2 Å². The molecule has 1 amide bonds. The Labute approximate surface area is 111 Å². The molecule has 1 spiro atoms. The van der Waals surface area contributed by atoms with Crippen molar-refractivity contribution < 1.29 is 4.79 Å². The average Bonchev–Trinajstić information content (AvgIpc) is 3.07. The summed E-state index contributed by atoms with van der Waals surface area (Å²) in [5, 5.41) is 3.56. The Morgan fingerprint density at radius 3 is 2.44 bits per heavy atom. The van der Waals surface area contributed by atoms with Crippen LogP contribution in [0.25, 0.3) is 0 Å². The lowest BCUT2D eigenvalue weighted by molar-refractivity contribution is -0.131. The van der Waals surface area contributed by atoms with Crippen LogP contribution < -0.4 is 5.32 Å². The van der Waals surface area contributed by atoms with Gasteiger partial charge in [-0.1, -0.05) is 27.7 Å². The third kappa shape index (κ3) is 2.41. The maximum Gasteiger partial charge on any atom is 0.244 e. The molecule has 2 fully saturated rings. The molecule has 18 heavy (non-hydrogen) atoms. The van der Waals surface area contributed by atoms with Crippen LogP contribution in [-0.2, 0) is 4.79 Å². The van der Waals surface area contributed by atoms with Crippen LogP contribution in [0.1, 0.15) is 40.5 Å². The van der Waals surface area contributed by atoms with Gasteiger partial charge in [0.1, 0.15) is 0 Å². The summed E-state index contributed by atoms with van der Waals surface area (Å²) in [6.07, 6.45) is 2.28. The molecule has 0 bridgehead atoms. The number of likely N-dealkylation sites (N-methyl/N-ethyl adjacent to an activating group) is 1. The molecule has 1 saturated heterocycles. The highest BCUT2D eigenvalue weighted by atomic mass is 16.2. The maximum atomic E-state index is 12.4. The molecule has 1 aliphatic heterocycles. The van der Waals surface area contributed by atoms with Gasteiger partial charge in [-0.05, 0) is 31.8 Å². The molecule has 2 rings (SSSR count). The van der Waals surface area contributed by atoms with Crippen LogP contribution >= 0.6 is 0 Å². The third-order valence-electron chi connectivity index (χ3n) is 4.36. The molecule has 1 atom stereocenters. The van der Waals surface area contributed by atoms with Gasteiger partial charge < -0.3 is 9.80 Å². The quantitative estimate of drug-likeness (QED) is 0.774. The van der Waals surface area contributed by atoms with Gasteiger partial charge in [0.25, 0.3) is 0 Å². The standard InChI is InChI=1S/C14H27N3O/c1-5-16(6-2)9-10-17-12(11(3)4)15-14(7-8-14)13(17)18/h11-12,15H,5-10H2,1-4H3. The summed E-state index contributed by atoms with van der Waals surface area (Å²) < 4.78 is 0. The van der Waals surface area contributed by atoms with E-state index in [-0.39, 0.29) is 11.7 Å². The molecule has 0 aromatic carbocycles. The van der Waals surface area contributed by atoms with Crippen molar-refractivity contribution in [1.29, 1.82) is 0 Å². The zero-order valence-electron chi connectivity index (χ0n) is 12.2. The van der Waals surface area contributed by atoms with E-state index in [1.165, 1.54) is 0 Å². The molecule has 1 saturated carbocycles. The fraction of sp³-hybridized carbons (Fsp3) is 0.929. The van der Waals surface area contributed by atoms with Gasteiger partial charge in [-0.15, -0.1) is 0 Å². The van der Waals surface area contributed by atoms with E-state index in [0.717, 1.165) is 39.0 Å². The van der Waals surface area contributed by atoms with Crippen LogP contribution in [0, 0.1) is 5.92 Å². The zero-order valence-corrected chi connectivity index (χ0v) is 12.2. The van der Waals surface area contributed by atoms with E-state index >= 15 is 0 Å². The highest BCUT2D eigenvalue weighted by Gasteiger charge is 2.59. The number of rotatable bonds is 6. The summed E-state index contributed by atoms with van der Waals surface area (Å²) in [7, 11) is 0. The molecule has 0 aromatic heterocycles. The largest absolute Gasteiger partial charge is 0.324 e. The second kappa shape index (κ2) is 5.17. The van der Waals surface area contributed by atoms with E-state index in [1.807, 2.05) is 0 Å². The van der Waals surface area contributed by atoms with Gasteiger partial charge in [-0.2, -0.15) is 0 Å². The van der Waals surface area contributed by atoms with Crippen LogP contribution in [0.3, 0.4) is 0 Å². The molecule has 0 radical (unpaired) electrons. The summed E-state index contributed by atoms with van der Waals surface area (Å²) in [6, 6.07) is 0. The number of carbonyl (C=O) groups is 1. The van der Waals surface area contributed by atoms with E-state index in [4.69, 9.17) is 0 Å². The van der Waals surface area contributed by atoms with E-state index in [2.05, 4.69) is 42.8 Å². The molecule has 2 aliphatic rings. The number of hydrogen-bond donors (Lipinski definition) is 1. The van der Waals surface area contributed by atoms with Crippen LogP contribution in [0.5, 0.6) is 0 Å². The lowest BCUT2D eigenvalue weighted by Gasteiger charge is -2.29. The monoisotopic (exact) mass is 253 g/mol. The summed E-state index contributed by atoms with van der Waals surface area (Å²) in [5.41, 5.74) is -0.168. The number of carbonyl (C=O) groups excluding carboxylic acids is 1. The van der Waals surface area contributed by atoms with E-state index in [9.17, 15) is 4.79 Å². The summed E-state index contributed by atoms with van der Waals surface area (Å²) in [4.78, 5) is 16.9. The van der Waals surface area contributed by atoms with Crippen LogP contribution in [-0.4, -0.2) is 53.6 Å². The minimum absolute atomic E-state index is 0.168. The maximum absolute atomic E-state index is 12.4. The van der Waals surface area contributed by atoms with Crippen LogP contribution in [0.15, 0.2) is 0 Å². The Bertz CT molecular complexity index is 308. The summed E-state index contributed by atoms with van der Waals surface area (Å²) >= 11 is 0. The number of hydrogen-bond acceptors (Lipinski definition) is 3. The first-order valence-corrected chi connectivity index (χ1v) is 7.35. The topological polar surface area (TPSA) is 35.6 Å². The van der Waals surface area contributed by atoms with Crippen molar-refractivity contribution in [2.75, 3.05) is 26.2 Å². The zero-order chi connectivity index (χ0) is 13.3. The van der Waals surface area contributed by atoms with E-state index in [1.54, 1.807) is 0 Å². The highest BCUT2D eigenvalue weighted by molar-refractivity contribution is 5.91. The van der Waals surface area contributed by atoms with Gasteiger partial charge in [0.2, 0.25) is 5.91 Å². The second-order valence-electron chi connectivity index (χ2n) is 5.94. The van der Waals surface area contributed by atoms with Gasteiger partial charge in [0.15, 0.2) is 0 Å². The minimum atomic E-state index is -0.168. The molecule has 1 unspecified atom stereocenters. The predicted octanol–water partition coefficient (Wildman–Crippen LogP) is 1.27. The van der Waals surface area contributed by atoms with Crippen molar-refractivity contribution in [1.82, 2.24) is 15.1 Å². The molecule has 1 N–H and O–H groups in total. The SMILES string of the molecule is CCN(CC)CCN1C(=O)C2(CC2)NC1C(C)C. The Balaban J connectivity index is 1.98. The Morgan fingerprint density at radius 1 is 1.39 bits per heavy atom. The normalized spacial score (nSPS) is 25.8. The molecular weight excluding hydrogens is 226 g/mol. The Morgan fingerprint density at radius 2 is 2.00 bits per heavy atom. The number of amides is 1. The van der Waals surface area contributed by atoms with Crippen LogP contribution in [0.4, 0.5) is 0 Å².